The minimum absolute atomic E-state index is 0.352. The fourth-order valence-corrected chi connectivity index (χ4v) is 2.83. The van der Waals surface area contributed by atoms with E-state index in [2.05, 4.69) is 46.4 Å². The molecule has 0 aliphatic carbocycles. The van der Waals surface area contributed by atoms with Crippen molar-refractivity contribution in [1.29, 1.82) is 0 Å². The fourth-order valence-electron chi connectivity index (χ4n) is 2.49. The van der Waals surface area contributed by atoms with Gasteiger partial charge in [-0.05, 0) is 31.4 Å². The summed E-state index contributed by atoms with van der Waals surface area (Å²) in [4.78, 5) is 0. The van der Waals surface area contributed by atoms with Gasteiger partial charge in [0.1, 0.15) is 5.75 Å². The Hall–Kier alpha value is -0.580. The second-order valence-corrected chi connectivity index (χ2v) is 5.87. The standard InChI is InChI=1S/C15H22BrNO2/c1-3-12(10-18-2)17-14-5-4-8-19-15-9-11(16)6-7-13(14)15/h6-7,9,12,14,17H,3-5,8,10H2,1-2H3. The van der Waals surface area contributed by atoms with Crippen LogP contribution in [0.2, 0.25) is 0 Å². The monoisotopic (exact) mass is 327 g/mol. The fraction of sp³-hybridized carbons (Fsp3) is 0.600. The maximum atomic E-state index is 5.83. The summed E-state index contributed by atoms with van der Waals surface area (Å²) in [6, 6.07) is 7.05. The molecule has 0 aromatic heterocycles. The van der Waals surface area contributed by atoms with Crippen LogP contribution >= 0.6 is 15.9 Å². The third-order valence-electron chi connectivity index (χ3n) is 3.54. The second kappa shape index (κ2) is 7.27. The molecule has 1 aliphatic heterocycles. The lowest BCUT2D eigenvalue weighted by atomic mass is 10.0. The zero-order valence-corrected chi connectivity index (χ0v) is 13.2. The molecule has 0 saturated carbocycles. The third-order valence-corrected chi connectivity index (χ3v) is 4.04. The number of hydrogen-bond acceptors (Lipinski definition) is 3. The van der Waals surface area contributed by atoms with Crippen molar-refractivity contribution in [3.8, 4) is 5.75 Å². The van der Waals surface area contributed by atoms with Crippen LogP contribution in [0.15, 0.2) is 22.7 Å². The summed E-state index contributed by atoms with van der Waals surface area (Å²) in [5.74, 6) is 0.997. The second-order valence-electron chi connectivity index (χ2n) is 4.95. The Labute approximate surface area is 123 Å². The predicted molar refractivity (Wildman–Crippen MR) is 80.7 cm³/mol. The van der Waals surface area contributed by atoms with Crippen molar-refractivity contribution >= 4 is 15.9 Å². The lowest BCUT2D eigenvalue weighted by molar-refractivity contribution is 0.157. The van der Waals surface area contributed by atoms with Gasteiger partial charge in [-0.2, -0.15) is 0 Å². The number of fused-ring (bicyclic) bond motifs is 1. The van der Waals surface area contributed by atoms with E-state index in [4.69, 9.17) is 9.47 Å². The maximum absolute atomic E-state index is 5.83. The minimum Gasteiger partial charge on any atom is -0.493 e. The first-order valence-corrected chi connectivity index (χ1v) is 7.71. The van der Waals surface area contributed by atoms with E-state index in [-0.39, 0.29) is 0 Å². The summed E-state index contributed by atoms with van der Waals surface area (Å²) >= 11 is 3.50. The third kappa shape index (κ3) is 3.94. The largest absolute Gasteiger partial charge is 0.493 e. The van der Waals surface area contributed by atoms with Crippen LogP contribution in [0, 0.1) is 0 Å². The van der Waals surface area contributed by atoms with Gasteiger partial charge in [0.25, 0.3) is 0 Å². The van der Waals surface area contributed by atoms with E-state index in [0.717, 1.165) is 42.7 Å². The molecule has 106 valence electrons. The molecule has 1 aromatic carbocycles. The van der Waals surface area contributed by atoms with Crippen LogP contribution in [0.4, 0.5) is 0 Å². The highest BCUT2D eigenvalue weighted by atomic mass is 79.9. The van der Waals surface area contributed by atoms with Crippen molar-refractivity contribution in [2.45, 2.75) is 38.3 Å². The predicted octanol–water partition coefficient (Wildman–Crippen LogP) is 3.68. The average molecular weight is 328 g/mol. The molecular formula is C15H22BrNO2. The molecule has 1 N–H and O–H groups in total. The van der Waals surface area contributed by atoms with Crippen LogP contribution in [-0.2, 0) is 4.74 Å². The molecule has 3 nitrogen and oxygen atoms in total. The first-order chi connectivity index (χ1) is 9.24. The number of methoxy groups -OCH3 is 1. The normalized spacial score (nSPS) is 20.3. The van der Waals surface area contributed by atoms with Gasteiger partial charge in [-0.25, -0.2) is 0 Å². The summed E-state index contributed by atoms with van der Waals surface area (Å²) < 4.78 is 12.2. The van der Waals surface area contributed by atoms with E-state index in [1.807, 2.05) is 0 Å². The molecule has 1 aromatic rings. The smallest absolute Gasteiger partial charge is 0.125 e. The van der Waals surface area contributed by atoms with Gasteiger partial charge >= 0.3 is 0 Å². The lowest BCUT2D eigenvalue weighted by Gasteiger charge is -2.24. The van der Waals surface area contributed by atoms with Gasteiger partial charge in [0, 0.05) is 29.2 Å². The number of halogens is 1. The summed E-state index contributed by atoms with van der Waals surface area (Å²) in [6.07, 6.45) is 3.25. The van der Waals surface area contributed by atoms with Gasteiger partial charge in [0.2, 0.25) is 0 Å². The van der Waals surface area contributed by atoms with Gasteiger partial charge in [-0.3, -0.25) is 0 Å². The molecule has 2 unspecified atom stereocenters. The number of benzene rings is 1. The van der Waals surface area contributed by atoms with Crippen LogP contribution < -0.4 is 10.1 Å². The van der Waals surface area contributed by atoms with Crippen molar-refractivity contribution in [1.82, 2.24) is 5.32 Å². The lowest BCUT2D eigenvalue weighted by Crippen LogP contribution is -2.35. The zero-order chi connectivity index (χ0) is 13.7. The van der Waals surface area contributed by atoms with Crippen LogP contribution in [0.25, 0.3) is 0 Å². The average Bonchev–Trinajstić information content (AvgIpc) is 2.60. The SMILES string of the molecule is CCC(COC)NC1CCCOc2cc(Br)ccc21. The highest BCUT2D eigenvalue weighted by molar-refractivity contribution is 9.10. The highest BCUT2D eigenvalue weighted by Crippen LogP contribution is 2.34. The van der Waals surface area contributed by atoms with Crippen molar-refractivity contribution in [3.05, 3.63) is 28.2 Å². The first kappa shape index (κ1) is 14.8. The molecule has 0 radical (unpaired) electrons. The van der Waals surface area contributed by atoms with E-state index in [1.54, 1.807) is 7.11 Å². The number of rotatable bonds is 5. The van der Waals surface area contributed by atoms with Crippen molar-refractivity contribution in [2.24, 2.45) is 0 Å². The molecule has 0 amide bonds. The molecule has 0 saturated heterocycles. The van der Waals surface area contributed by atoms with Gasteiger partial charge in [-0.1, -0.05) is 28.9 Å². The quantitative estimate of drug-likeness (QED) is 0.894. The van der Waals surface area contributed by atoms with Gasteiger partial charge in [0.15, 0.2) is 0 Å². The molecule has 0 fully saturated rings. The Bertz CT molecular complexity index is 411. The Morgan fingerprint density at radius 3 is 3.11 bits per heavy atom. The van der Waals surface area contributed by atoms with Gasteiger partial charge in [0.05, 0.1) is 13.2 Å². The summed E-state index contributed by atoms with van der Waals surface area (Å²) in [7, 11) is 1.76. The van der Waals surface area contributed by atoms with Crippen LogP contribution in [0.5, 0.6) is 5.75 Å². The summed E-state index contributed by atoms with van der Waals surface area (Å²) in [5.41, 5.74) is 1.26. The van der Waals surface area contributed by atoms with Crippen molar-refractivity contribution in [3.63, 3.8) is 0 Å². The molecule has 19 heavy (non-hydrogen) atoms. The van der Waals surface area contributed by atoms with Crippen molar-refractivity contribution < 1.29 is 9.47 Å². The zero-order valence-electron chi connectivity index (χ0n) is 11.6. The number of ether oxygens (including phenoxy) is 2. The Morgan fingerprint density at radius 1 is 1.53 bits per heavy atom. The van der Waals surface area contributed by atoms with E-state index in [9.17, 15) is 0 Å². The molecule has 1 aliphatic rings. The Kier molecular flexibility index (Phi) is 5.67. The Balaban J connectivity index is 2.17. The van der Waals surface area contributed by atoms with Crippen LogP contribution in [0.3, 0.4) is 0 Å². The van der Waals surface area contributed by atoms with Gasteiger partial charge < -0.3 is 14.8 Å². The van der Waals surface area contributed by atoms with E-state index in [0.29, 0.717) is 12.1 Å². The molecule has 0 bridgehead atoms. The molecule has 2 atom stereocenters. The molecule has 0 spiro atoms. The van der Waals surface area contributed by atoms with E-state index >= 15 is 0 Å². The minimum atomic E-state index is 0.352. The molecule has 1 heterocycles. The topological polar surface area (TPSA) is 30.5 Å². The molecule has 2 rings (SSSR count). The Morgan fingerprint density at radius 2 is 2.37 bits per heavy atom. The van der Waals surface area contributed by atoms with Crippen LogP contribution in [-0.4, -0.2) is 26.4 Å². The van der Waals surface area contributed by atoms with E-state index in [1.165, 1.54) is 5.56 Å². The van der Waals surface area contributed by atoms with Crippen LogP contribution in [0.1, 0.15) is 37.8 Å². The van der Waals surface area contributed by atoms with Gasteiger partial charge in [-0.15, -0.1) is 0 Å². The molecular weight excluding hydrogens is 306 g/mol. The highest BCUT2D eigenvalue weighted by Gasteiger charge is 2.22. The number of hydrogen-bond donors (Lipinski definition) is 1. The number of nitrogens with one attached hydrogen (secondary N) is 1. The van der Waals surface area contributed by atoms with E-state index < -0.39 is 0 Å². The van der Waals surface area contributed by atoms with Crippen molar-refractivity contribution in [2.75, 3.05) is 20.3 Å². The summed E-state index contributed by atoms with van der Waals surface area (Å²) in [6.45, 7) is 3.73. The summed E-state index contributed by atoms with van der Waals surface area (Å²) in [5, 5.41) is 3.70. The first-order valence-electron chi connectivity index (χ1n) is 6.91. The maximum Gasteiger partial charge on any atom is 0.125 e. The molecule has 4 heteroatoms.